The van der Waals surface area contributed by atoms with Crippen molar-refractivity contribution in [3.63, 3.8) is 0 Å². The second kappa shape index (κ2) is 6.55. The fourth-order valence-electron chi connectivity index (χ4n) is 1.69. The molecule has 1 heterocycles. The highest BCUT2D eigenvalue weighted by Gasteiger charge is 2.21. The Hall–Kier alpha value is -1.13. The quantitative estimate of drug-likeness (QED) is 0.840. The molecule has 0 saturated carbocycles. The molecule has 0 bridgehead atoms. The third kappa shape index (κ3) is 4.46. The van der Waals surface area contributed by atoms with Crippen LogP contribution in [0.15, 0.2) is 12.1 Å². The number of amides is 1. The Balaban J connectivity index is 3.02. The minimum atomic E-state index is -0.271. The first kappa shape index (κ1) is 16.9. The van der Waals surface area contributed by atoms with Gasteiger partial charge in [0, 0.05) is 16.7 Å². The van der Waals surface area contributed by atoms with Gasteiger partial charge < -0.3 is 10.4 Å². The maximum absolute atomic E-state index is 12.2. The minimum absolute atomic E-state index is 0.0889. The Labute approximate surface area is 125 Å². The van der Waals surface area contributed by atoms with Crippen LogP contribution in [0.4, 0.5) is 0 Å². The van der Waals surface area contributed by atoms with Gasteiger partial charge in [0.1, 0.15) is 5.15 Å². The van der Waals surface area contributed by atoms with Crippen LogP contribution in [0.2, 0.25) is 5.15 Å². The lowest BCUT2D eigenvalue weighted by atomic mass is 9.90. The van der Waals surface area contributed by atoms with Gasteiger partial charge in [-0.15, -0.1) is 0 Å². The molecule has 0 fully saturated rings. The number of aromatic nitrogens is 1. The van der Waals surface area contributed by atoms with Gasteiger partial charge in [-0.3, -0.25) is 4.79 Å². The van der Waals surface area contributed by atoms with E-state index in [0.29, 0.717) is 10.7 Å². The summed E-state index contributed by atoms with van der Waals surface area (Å²) in [5.74, 6) is -0.0871. The van der Waals surface area contributed by atoms with Crippen molar-refractivity contribution in [3.8, 4) is 0 Å². The first-order valence-electron chi connectivity index (χ1n) is 6.75. The highest BCUT2D eigenvalue weighted by Crippen LogP contribution is 2.23. The number of aliphatic hydroxyl groups excluding tert-OH is 1. The molecule has 0 aliphatic carbocycles. The van der Waals surface area contributed by atoms with Crippen LogP contribution >= 0.6 is 11.6 Å². The Morgan fingerprint density at radius 3 is 2.45 bits per heavy atom. The van der Waals surface area contributed by atoms with Crippen LogP contribution < -0.4 is 5.32 Å². The molecule has 0 aromatic carbocycles. The third-order valence-corrected chi connectivity index (χ3v) is 3.34. The predicted octanol–water partition coefficient (Wildman–Crippen LogP) is 2.78. The summed E-state index contributed by atoms with van der Waals surface area (Å²) in [6.07, 6.45) is 0. The molecule has 4 nitrogen and oxygen atoms in total. The first-order chi connectivity index (χ1) is 9.15. The number of nitrogens with zero attached hydrogens (tertiary/aromatic N) is 1. The standard InChI is InChI=1S/C15H23ClN2O2/c1-9(2)11(8-19)17-14(20)10-6-12(15(3,4)5)18-13(16)7-10/h6-7,9,11,19H,8H2,1-5H3,(H,17,20). The van der Waals surface area contributed by atoms with Crippen LogP contribution in [0, 0.1) is 5.92 Å². The molecule has 0 aliphatic rings. The lowest BCUT2D eigenvalue weighted by Crippen LogP contribution is -2.41. The fraction of sp³-hybridized carbons (Fsp3) is 0.600. The van der Waals surface area contributed by atoms with E-state index < -0.39 is 0 Å². The van der Waals surface area contributed by atoms with Crippen molar-refractivity contribution < 1.29 is 9.90 Å². The van der Waals surface area contributed by atoms with Crippen LogP contribution in [0.1, 0.15) is 50.7 Å². The van der Waals surface area contributed by atoms with Gasteiger partial charge in [0.05, 0.1) is 12.6 Å². The Morgan fingerprint density at radius 1 is 1.40 bits per heavy atom. The molecule has 0 spiro atoms. The van der Waals surface area contributed by atoms with Crippen molar-refractivity contribution >= 4 is 17.5 Å². The molecule has 1 unspecified atom stereocenters. The molecule has 112 valence electrons. The van der Waals surface area contributed by atoms with Crippen molar-refractivity contribution in [1.29, 1.82) is 0 Å². The molecule has 2 N–H and O–H groups in total. The SMILES string of the molecule is CC(C)C(CO)NC(=O)c1cc(Cl)nc(C(C)(C)C)c1. The van der Waals surface area contributed by atoms with Crippen LogP contribution in [0.25, 0.3) is 0 Å². The molecule has 1 amide bonds. The summed E-state index contributed by atoms with van der Waals surface area (Å²) in [6.45, 7) is 9.84. The molecular formula is C15H23ClN2O2. The van der Waals surface area contributed by atoms with Gasteiger partial charge in [-0.1, -0.05) is 46.2 Å². The van der Waals surface area contributed by atoms with Crippen molar-refractivity contribution in [1.82, 2.24) is 10.3 Å². The Morgan fingerprint density at radius 2 is 2.00 bits per heavy atom. The molecule has 1 atom stereocenters. The number of carbonyl (C=O) groups is 1. The summed E-state index contributed by atoms with van der Waals surface area (Å²) >= 11 is 5.99. The normalized spacial score (nSPS) is 13.4. The molecule has 1 rings (SSSR count). The monoisotopic (exact) mass is 298 g/mol. The van der Waals surface area contributed by atoms with E-state index in [-0.39, 0.29) is 29.9 Å². The zero-order valence-corrected chi connectivity index (χ0v) is 13.5. The number of hydrogen-bond acceptors (Lipinski definition) is 3. The number of carbonyl (C=O) groups excluding carboxylic acids is 1. The van der Waals surface area contributed by atoms with E-state index in [4.69, 9.17) is 11.6 Å². The predicted molar refractivity (Wildman–Crippen MR) is 81.1 cm³/mol. The average Bonchev–Trinajstić information content (AvgIpc) is 2.33. The summed E-state index contributed by atoms with van der Waals surface area (Å²) in [5, 5.41) is 12.4. The lowest BCUT2D eigenvalue weighted by Gasteiger charge is -2.21. The van der Waals surface area contributed by atoms with Gasteiger partial charge in [0.15, 0.2) is 0 Å². The summed E-state index contributed by atoms with van der Waals surface area (Å²) in [6, 6.07) is 3.02. The molecule has 5 heteroatoms. The van der Waals surface area contributed by atoms with E-state index in [1.54, 1.807) is 12.1 Å². The maximum Gasteiger partial charge on any atom is 0.251 e. The van der Waals surface area contributed by atoms with Crippen LogP contribution in [-0.2, 0) is 5.41 Å². The summed E-state index contributed by atoms with van der Waals surface area (Å²) in [7, 11) is 0. The molecule has 0 aliphatic heterocycles. The molecule has 0 radical (unpaired) electrons. The summed E-state index contributed by atoms with van der Waals surface area (Å²) in [4.78, 5) is 16.5. The second-order valence-corrected chi connectivity index (χ2v) is 6.71. The van der Waals surface area contributed by atoms with Gasteiger partial charge in [0.25, 0.3) is 5.91 Å². The van der Waals surface area contributed by atoms with E-state index in [9.17, 15) is 9.90 Å². The number of halogens is 1. The van der Waals surface area contributed by atoms with Gasteiger partial charge >= 0.3 is 0 Å². The van der Waals surface area contributed by atoms with Crippen molar-refractivity contribution in [2.45, 2.75) is 46.1 Å². The zero-order valence-electron chi connectivity index (χ0n) is 12.7. The third-order valence-electron chi connectivity index (χ3n) is 3.14. The average molecular weight is 299 g/mol. The smallest absolute Gasteiger partial charge is 0.251 e. The maximum atomic E-state index is 12.2. The van der Waals surface area contributed by atoms with Gasteiger partial charge in [0.2, 0.25) is 0 Å². The highest BCUT2D eigenvalue weighted by molar-refractivity contribution is 6.29. The minimum Gasteiger partial charge on any atom is -0.394 e. The largest absolute Gasteiger partial charge is 0.394 e. The Kier molecular flexibility index (Phi) is 5.54. The first-order valence-corrected chi connectivity index (χ1v) is 7.12. The summed E-state index contributed by atoms with van der Waals surface area (Å²) < 4.78 is 0. The van der Waals surface area contributed by atoms with Crippen LogP contribution in [0.5, 0.6) is 0 Å². The van der Waals surface area contributed by atoms with Crippen LogP contribution in [-0.4, -0.2) is 28.6 Å². The van der Waals surface area contributed by atoms with Crippen molar-refractivity contribution in [2.75, 3.05) is 6.61 Å². The van der Waals surface area contributed by atoms with E-state index >= 15 is 0 Å². The number of pyridine rings is 1. The molecular weight excluding hydrogens is 276 g/mol. The second-order valence-electron chi connectivity index (χ2n) is 6.32. The number of rotatable bonds is 4. The van der Waals surface area contributed by atoms with Gasteiger partial charge in [-0.2, -0.15) is 0 Å². The number of hydrogen-bond donors (Lipinski definition) is 2. The van der Waals surface area contributed by atoms with Crippen molar-refractivity contribution in [2.24, 2.45) is 5.92 Å². The Bertz CT molecular complexity index is 481. The summed E-state index contributed by atoms with van der Waals surface area (Å²) in [5.41, 5.74) is 1.04. The molecule has 0 saturated heterocycles. The molecule has 20 heavy (non-hydrogen) atoms. The van der Waals surface area contributed by atoms with E-state index in [1.165, 1.54) is 0 Å². The van der Waals surface area contributed by atoms with Crippen LogP contribution in [0.3, 0.4) is 0 Å². The van der Waals surface area contributed by atoms with E-state index in [2.05, 4.69) is 10.3 Å². The zero-order chi connectivity index (χ0) is 15.5. The molecule has 1 aromatic rings. The fourth-order valence-corrected chi connectivity index (χ4v) is 1.90. The molecule has 1 aromatic heterocycles. The highest BCUT2D eigenvalue weighted by atomic mass is 35.5. The number of nitrogens with one attached hydrogen (secondary N) is 1. The topological polar surface area (TPSA) is 62.2 Å². The number of aliphatic hydroxyl groups is 1. The van der Waals surface area contributed by atoms with Crippen molar-refractivity contribution in [3.05, 3.63) is 28.5 Å². The van der Waals surface area contributed by atoms with Gasteiger partial charge in [-0.05, 0) is 18.1 Å². The van der Waals surface area contributed by atoms with E-state index in [0.717, 1.165) is 5.69 Å². The van der Waals surface area contributed by atoms with Gasteiger partial charge in [-0.25, -0.2) is 4.98 Å². The van der Waals surface area contributed by atoms with E-state index in [1.807, 2.05) is 34.6 Å². The lowest BCUT2D eigenvalue weighted by molar-refractivity contribution is 0.0896.